The third-order valence-electron chi connectivity index (χ3n) is 4.41. The SMILES string of the molecule is Cc1cccc(OC(C)c2nnc(SCc3ccccc3F)n2C)c1C. The minimum Gasteiger partial charge on any atom is -0.482 e. The van der Waals surface area contributed by atoms with E-state index in [1.54, 1.807) is 12.1 Å². The van der Waals surface area contributed by atoms with Gasteiger partial charge in [0.15, 0.2) is 17.1 Å². The molecular formula is C20H22FN3OS. The van der Waals surface area contributed by atoms with Gasteiger partial charge in [-0.2, -0.15) is 0 Å². The molecule has 0 amide bonds. The van der Waals surface area contributed by atoms with Gasteiger partial charge in [-0.25, -0.2) is 4.39 Å². The van der Waals surface area contributed by atoms with E-state index in [9.17, 15) is 4.39 Å². The Bertz CT molecular complexity index is 910. The van der Waals surface area contributed by atoms with Gasteiger partial charge < -0.3 is 9.30 Å². The summed E-state index contributed by atoms with van der Waals surface area (Å²) in [4.78, 5) is 0. The molecule has 3 rings (SSSR count). The number of nitrogens with zero attached hydrogens (tertiary/aromatic N) is 3. The fraction of sp³-hybridized carbons (Fsp3) is 0.300. The first kappa shape index (κ1) is 18.5. The van der Waals surface area contributed by atoms with Gasteiger partial charge >= 0.3 is 0 Å². The molecule has 6 heteroatoms. The fourth-order valence-corrected chi connectivity index (χ4v) is 3.56. The molecule has 0 aliphatic carbocycles. The molecule has 3 aromatic rings. The van der Waals surface area contributed by atoms with Crippen LogP contribution in [0.5, 0.6) is 5.75 Å². The van der Waals surface area contributed by atoms with E-state index < -0.39 is 0 Å². The van der Waals surface area contributed by atoms with Gasteiger partial charge in [-0.15, -0.1) is 10.2 Å². The third-order valence-corrected chi connectivity index (χ3v) is 5.47. The summed E-state index contributed by atoms with van der Waals surface area (Å²) in [7, 11) is 1.90. The van der Waals surface area contributed by atoms with Crippen LogP contribution in [-0.2, 0) is 12.8 Å². The summed E-state index contributed by atoms with van der Waals surface area (Å²) >= 11 is 1.46. The van der Waals surface area contributed by atoms with Crippen LogP contribution >= 0.6 is 11.8 Å². The molecule has 2 aromatic carbocycles. The predicted molar refractivity (Wildman–Crippen MR) is 102 cm³/mol. The normalized spacial score (nSPS) is 12.2. The van der Waals surface area contributed by atoms with E-state index in [1.807, 2.05) is 43.7 Å². The zero-order valence-corrected chi connectivity index (χ0v) is 16.2. The molecule has 1 atom stereocenters. The topological polar surface area (TPSA) is 39.9 Å². The Balaban J connectivity index is 1.72. The van der Waals surface area contributed by atoms with Gasteiger partial charge in [0.1, 0.15) is 11.6 Å². The van der Waals surface area contributed by atoms with E-state index in [0.29, 0.717) is 11.3 Å². The fourth-order valence-electron chi connectivity index (χ4n) is 2.66. The number of benzene rings is 2. The second-order valence-electron chi connectivity index (χ2n) is 6.24. The van der Waals surface area contributed by atoms with E-state index in [0.717, 1.165) is 22.3 Å². The quantitative estimate of drug-likeness (QED) is 0.572. The van der Waals surface area contributed by atoms with Gasteiger partial charge in [0.05, 0.1) is 0 Å². The first-order chi connectivity index (χ1) is 12.5. The number of halogens is 1. The highest BCUT2D eigenvalue weighted by Gasteiger charge is 2.18. The van der Waals surface area contributed by atoms with Crippen LogP contribution in [0.25, 0.3) is 0 Å². The van der Waals surface area contributed by atoms with Crippen molar-refractivity contribution in [3.05, 3.63) is 70.8 Å². The Labute approximate surface area is 157 Å². The van der Waals surface area contributed by atoms with Crippen molar-refractivity contribution in [1.82, 2.24) is 14.8 Å². The van der Waals surface area contributed by atoms with Crippen LogP contribution < -0.4 is 4.74 Å². The molecule has 0 saturated carbocycles. The average molecular weight is 371 g/mol. The number of aryl methyl sites for hydroxylation is 1. The molecule has 0 N–H and O–H groups in total. The maximum atomic E-state index is 13.8. The zero-order chi connectivity index (χ0) is 18.7. The van der Waals surface area contributed by atoms with Crippen molar-refractivity contribution in [1.29, 1.82) is 0 Å². The van der Waals surface area contributed by atoms with Gasteiger partial charge in [0.2, 0.25) is 0 Å². The van der Waals surface area contributed by atoms with E-state index >= 15 is 0 Å². The summed E-state index contributed by atoms with van der Waals surface area (Å²) in [5.41, 5.74) is 2.96. The number of rotatable bonds is 6. The summed E-state index contributed by atoms with van der Waals surface area (Å²) < 4.78 is 21.8. The lowest BCUT2D eigenvalue weighted by molar-refractivity contribution is 0.210. The largest absolute Gasteiger partial charge is 0.482 e. The Morgan fingerprint density at radius 2 is 1.88 bits per heavy atom. The summed E-state index contributed by atoms with van der Waals surface area (Å²) in [5, 5.41) is 9.24. The van der Waals surface area contributed by atoms with Crippen molar-refractivity contribution < 1.29 is 9.13 Å². The van der Waals surface area contributed by atoms with Gasteiger partial charge in [-0.05, 0) is 49.6 Å². The lowest BCUT2D eigenvalue weighted by atomic mass is 10.1. The van der Waals surface area contributed by atoms with Crippen molar-refractivity contribution >= 4 is 11.8 Å². The number of hydrogen-bond donors (Lipinski definition) is 0. The Morgan fingerprint density at radius 3 is 2.65 bits per heavy atom. The van der Waals surface area contributed by atoms with Crippen molar-refractivity contribution in [2.75, 3.05) is 0 Å². The molecule has 26 heavy (non-hydrogen) atoms. The highest BCUT2D eigenvalue weighted by molar-refractivity contribution is 7.98. The molecule has 1 aromatic heterocycles. The molecule has 1 heterocycles. The number of thioether (sulfide) groups is 1. The maximum absolute atomic E-state index is 13.8. The minimum absolute atomic E-state index is 0.200. The molecule has 1 unspecified atom stereocenters. The van der Waals surface area contributed by atoms with Crippen LogP contribution in [0, 0.1) is 19.7 Å². The number of hydrogen-bond acceptors (Lipinski definition) is 4. The second kappa shape index (κ2) is 7.91. The van der Waals surface area contributed by atoms with Crippen LogP contribution in [0.15, 0.2) is 47.6 Å². The second-order valence-corrected chi connectivity index (χ2v) is 7.18. The summed E-state index contributed by atoms with van der Waals surface area (Å²) in [6.45, 7) is 6.06. The first-order valence-electron chi connectivity index (χ1n) is 8.45. The molecule has 0 spiro atoms. The molecule has 0 radical (unpaired) electrons. The smallest absolute Gasteiger partial charge is 0.191 e. The van der Waals surface area contributed by atoms with Crippen LogP contribution in [0.1, 0.15) is 35.5 Å². The summed E-state index contributed by atoms with van der Waals surface area (Å²) in [6.07, 6.45) is -0.240. The molecule has 0 aliphatic rings. The lowest BCUT2D eigenvalue weighted by Crippen LogP contribution is -2.10. The number of aromatic nitrogens is 3. The summed E-state index contributed by atoms with van der Waals surface area (Å²) in [5.74, 6) is 1.89. The molecule has 0 saturated heterocycles. The molecule has 0 bridgehead atoms. The van der Waals surface area contributed by atoms with Gasteiger partial charge in [-0.3, -0.25) is 0 Å². The van der Waals surface area contributed by atoms with E-state index in [4.69, 9.17) is 4.74 Å². The monoisotopic (exact) mass is 371 g/mol. The van der Waals surface area contributed by atoms with E-state index in [1.165, 1.54) is 23.4 Å². The maximum Gasteiger partial charge on any atom is 0.191 e. The van der Waals surface area contributed by atoms with E-state index in [-0.39, 0.29) is 11.9 Å². The van der Waals surface area contributed by atoms with Crippen LogP contribution in [0.2, 0.25) is 0 Å². The van der Waals surface area contributed by atoms with Crippen LogP contribution in [-0.4, -0.2) is 14.8 Å². The van der Waals surface area contributed by atoms with Crippen molar-refractivity contribution in [2.45, 2.75) is 37.8 Å². The van der Waals surface area contributed by atoms with E-state index in [2.05, 4.69) is 23.2 Å². The Kier molecular flexibility index (Phi) is 5.61. The Morgan fingerprint density at radius 1 is 1.12 bits per heavy atom. The minimum atomic E-state index is -0.240. The molecule has 136 valence electrons. The standard InChI is InChI=1S/C20H22FN3OS/c1-13-8-7-11-18(14(13)2)25-15(3)19-22-23-20(24(19)4)26-12-16-9-5-6-10-17(16)21/h5-11,15H,12H2,1-4H3. The molecule has 0 fully saturated rings. The predicted octanol–water partition coefficient (Wildman–Crippen LogP) is 5.00. The van der Waals surface area contributed by atoms with Gasteiger partial charge in [0.25, 0.3) is 0 Å². The van der Waals surface area contributed by atoms with Crippen molar-refractivity contribution in [3.63, 3.8) is 0 Å². The summed E-state index contributed by atoms with van der Waals surface area (Å²) in [6, 6.07) is 12.8. The van der Waals surface area contributed by atoms with Crippen LogP contribution in [0.4, 0.5) is 4.39 Å². The van der Waals surface area contributed by atoms with Gasteiger partial charge in [0, 0.05) is 12.8 Å². The third kappa shape index (κ3) is 3.90. The van der Waals surface area contributed by atoms with Crippen molar-refractivity contribution in [2.24, 2.45) is 7.05 Å². The zero-order valence-electron chi connectivity index (χ0n) is 15.4. The van der Waals surface area contributed by atoms with Crippen molar-refractivity contribution in [3.8, 4) is 5.75 Å². The molecular weight excluding hydrogens is 349 g/mol. The molecule has 0 aliphatic heterocycles. The lowest BCUT2D eigenvalue weighted by Gasteiger charge is -2.17. The number of ether oxygens (including phenoxy) is 1. The van der Waals surface area contributed by atoms with Gasteiger partial charge in [-0.1, -0.05) is 42.1 Å². The molecule has 4 nitrogen and oxygen atoms in total. The average Bonchev–Trinajstić information content (AvgIpc) is 2.99. The highest BCUT2D eigenvalue weighted by atomic mass is 32.2. The first-order valence-corrected chi connectivity index (χ1v) is 9.44. The Hall–Kier alpha value is -2.34. The highest BCUT2D eigenvalue weighted by Crippen LogP contribution is 2.28. The van der Waals surface area contributed by atoms with Crippen LogP contribution in [0.3, 0.4) is 0 Å².